The van der Waals surface area contributed by atoms with Gasteiger partial charge in [-0.05, 0) is 36.8 Å². The molecular weight excluding hydrogens is 234 g/mol. The van der Waals surface area contributed by atoms with Gasteiger partial charge in [0.15, 0.2) is 0 Å². The Hall–Kier alpha value is -2.10. The van der Waals surface area contributed by atoms with Gasteiger partial charge >= 0.3 is 0 Å². The molecule has 0 amide bonds. The monoisotopic (exact) mass is 248 g/mol. The van der Waals surface area contributed by atoms with Gasteiger partial charge in [-0.15, -0.1) is 0 Å². The maximum Gasteiger partial charge on any atom is 0.149 e. The van der Waals surface area contributed by atoms with Crippen LogP contribution in [0.4, 0.5) is 25.8 Å². The third-order valence-corrected chi connectivity index (χ3v) is 2.82. The summed E-state index contributed by atoms with van der Waals surface area (Å²) in [5, 5.41) is 0. The average Bonchev–Trinajstić information content (AvgIpc) is 2.31. The molecule has 2 N–H and O–H groups in total. The van der Waals surface area contributed by atoms with E-state index in [9.17, 15) is 8.78 Å². The number of halogens is 2. The molecule has 2 rings (SSSR count). The van der Waals surface area contributed by atoms with E-state index in [1.807, 2.05) is 19.1 Å². The van der Waals surface area contributed by atoms with Gasteiger partial charge < -0.3 is 10.6 Å². The Balaban J connectivity index is 2.47. The highest BCUT2D eigenvalue weighted by Gasteiger charge is 2.12. The minimum Gasteiger partial charge on any atom is -0.397 e. The number of anilines is 3. The minimum absolute atomic E-state index is 0.286. The summed E-state index contributed by atoms with van der Waals surface area (Å²) >= 11 is 0. The van der Waals surface area contributed by atoms with Gasteiger partial charge in [-0.3, -0.25) is 0 Å². The highest BCUT2D eigenvalue weighted by Crippen LogP contribution is 2.31. The third kappa shape index (κ3) is 2.27. The van der Waals surface area contributed by atoms with Crippen LogP contribution in [0.15, 0.2) is 36.4 Å². The number of nitrogen functional groups attached to an aromatic ring is 1. The fourth-order valence-corrected chi connectivity index (χ4v) is 1.83. The molecule has 0 aliphatic carbocycles. The Bertz CT molecular complexity index is 582. The van der Waals surface area contributed by atoms with Crippen LogP contribution in [0.2, 0.25) is 0 Å². The number of hydrogen-bond acceptors (Lipinski definition) is 2. The lowest BCUT2D eigenvalue weighted by molar-refractivity contribution is 0.583. The summed E-state index contributed by atoms with van der Waals surface area (Å²) in [6, 6.07) is 8.99. The molecule has 2 aromatic rings. The molecule has 0 aromatic heterocycles. The molecule has 18 heavy (non-hydrogen) atoms. The van der Waals surface area contributed by atoms with Crippen molar-refractivity contribution in [2.45, 2.75) is 6.92 Å². The lowest BCUT2D eigenvalue weighted by Crippen LogP contribution is -2.13. The topological polar surface area (TPSA) is 29.3 Å². The van der Waals surface area contributed by atoms with Gasteiger partial charge in [0.1, 0.15) is 11.6 Å². The van der Waals surface area contributed by atoms with E-state index in [2.05, 4.69) is 0 Å². The lowest BCUT2D eigenvalue weighted by Gasteiger charge is -2.22. The lowest BCUT2D eigenvalue weighted by atomic mass is 10.1. The zero-order valence-electron chi connectivity index (χ0n) is 10.2. The predicted octanol–water partition coefficient (Wildman–Crippen LogP) is 3.62. The third-order valence-electron chi connectivity index (χ3n) is 2.82. The molecule has 0 atom stereocenters. The largest absolute Gasteiger partial charge is 0.397 e. The van der Waals surface area contributed by atoms with Gasteiger partial charge in [-0.25, -0.2) is 8.78 Å². The molecule has 0 radical (unpaired) electrons. The Morgan fingerprint density at radius 1 is 1.00 bits per heavy atom. The molecule has 0 aliphatic heterocycles. The van der Waals surface area contributed by atoms with Gasteiger partial charge in [0.05, 0.1) is 17.1 Å². The van der Waals surface area contributed by atoms with Crippen LogP contribution in [0.1, 0.15) is 5.56 Å². The number of nitrogens with two attached hydrogens (primary N) is 1. The van der Waals surface area contributed by atoms with E-state index in [-0.39, 0.29) is 5.69 Å². The Morgan fingerprint density at radius 2 is 1.72 bits per heavy atom. The summed E-state index contributed by atoms with van der Waals surface area (Å²) in [7, 11) is 1.70. The minimum atomic E-state index is -0.613. The van der Waals surface area contributed by atoms with Crippen molar-refractivity contribution >= 4 is 17.1 Å². The molecule has 4 heteroatoms. The fraction of sp³-hybridized carbons (Fsp3) is 0.143. The first-order valence-electron chi connectivity index (χ1n) is 5.54. The first-order valence-corrected chi connectivity index (χ1v) is 5.54. The Labute approximate surface area is 105 Å². The number of rotatable bonds is 2. The van der Waals surface area contributed by atoms with Gasteiger partial charge in [0.2, 0.25) is 0 Å². The molecule has 0 aliphatic rings. The Kier molecular flexibility index (Phi) is 3.19. The molecule has 0 fully saturated rings. The van der Waals surface area contributed by atoms with E-state index >= 15 is 0 Å². The van der Waals surface area contributed by atoms with E-state index in [4.69, 9.17) is 5.73 Å². The molecule has 0 saturated heterocycles. The van der Waals surface area contributed by atoms with Crippen LogP contribution >= 0.6 is 0 Å². The number of aryl methyl sites for hydroxylation is 1. The first-order chi connectivity index (χ1) is 8.49. The number of benzene rings is 2. The summed E-state index contributed by atoms with van der Waals surface area (Å²) < 4.78 is 26.6. The second-order valence-electron chi connectivity index (χ2n) is 4.22. The van der Waals surface area contributed by atoms with Crippen LogP contribution in [-0.2, 0) is 0 Å². The van der Waals surface area contributed by atoms with Crippen molar-refractivity contribution in [3.8, 4) is 0 Å². The summed E-state index contributed by atoms with van der Waals surface area (Å²) in [4.78, 5) is 1.61. The highest BCUT2D eigenvalue weighted by atomic mass is 19.1. The van der Waals surface area contributed by atoms with Gasteiger partial charge in [0, 0.05) is 13.1 Å². The average molecular weight is 248 g/mol. The highest BCUT2D eigenvalue weighted by molar-refractivity contribution is 5.75. The SMILES string of the molecule is Cc1ccc(N)c(N(C)c2ccc(F)cc2F)c1. The van der Waals surface area contributed by atoms with E-state index in [0.717, 1.165) is 11.6 Å². The van der Waals surface area contributed by atoms with Crippen molar-refractivity contribution in [3.05, 3.63) is 53.6 Å². The van der Waals surface area contributed by atoms with Gasteiger partial charge in [-0.2, -0.15) is 0 Å². The van der Waals surface area contributed by atoms with Gasteiger partial charge in [-0.1, -0.05) is 6.07 Å². The molecule has 0 saturated carbocycles. The standard InChI is InChI=1S/C14H14F2N2/c1-9-3-5-12(17)14(7-9)18(2)13-6-4-10(15)8-11(13)16/h3-8H,17H2,1-2H3. The van der Waals surface area contributed by atoms with Crippen molar-refractivity contribution in [2.24, 2.45) is 0 Å². The second kappa shape index (κ2) is 4.64. The molecule has 0 heterocycles. The van der Waals surface area contributed by atoms with Crippen LogP contribution in [0.3, 0.4) is 0 Å². The van der Waals surface area contributed by atoms with Crippen LogP contribution < -0.4 is 10.6 Å². The summed E-state index contributed by atoms with van der Waals surface area (Å²) in [6.07, 6.45) is 0. The molecule has 2 nitrogen and oxygen atoms in total. The van der Waals surface area contributed by atoms with Crippen LogP contribution in [-0.4, -0.2) is 7.05 Å². The van der Waals surface area contributed by atoms with Crippen molar-refractivity contribution in [3.63, 3.8) is 0 Å². The normalized spacial score (nSPS) is 10.4. The van der Waals surface area contributed by atoms with Crippen molar-refractivity contribution < 1.29 is 8.78 Å². The second-order valence-corrected chi connectivity index (χ2v) is 4.22. The molecule has 94 valence electrons. The maximum atomic E-state index is 13.7. The zero-order chi connectivity index (χ0) is 13.3. The number of hydrogen-bond donors (Lipinski definition) is 1. The molecule has 2 aromatic carbocycles. The maximum absolute atomic E-state index is 13.7. The molecule has 0 bridgehead atoms. The quantitative estimate of drug-likeness (QED) is 0.822. The van der Waals surface area contributed by atoms with E-state index < -0.39 is 11.6 Å². The molecular formula is C14H14F2N2. The zero-order valence-corrected chi connectivity index (χ0v) is 10.2. The Morgan fingerprint density at radius 3 is 2.39 bits per heavy atom. The predicted molar refractivity (Wildman–Crippen MR) is 70.0 cm³/mol. The molecule has 0 unspecified atom stereocenters. The summed E-state index contributed by atoms with van der Waals surface area (Å²) in [6.45, 7) is 1.93. The fourth-order valence-electron chi connectivity index (χ4n) is 1.83. The van der Waals surface area contributed by atoms with Crippen LogP contribution in [0.5, 0.6) is 0 Å². The van der Waals surface area contributed by atoms with Crippen LogP contribution in [0, 0.1) is 18.6 Å². The van der Waals surface area contributed by atoms with E-state index in [0.29, 0.717) is 11.4 Å². The summed E-state index contributed by atoms with van der Waals surface area (Å²) in [5.74, 6) is -1.21. The van der Waals surface area contributed by atoms with E-state index in [1.54, 1.807) is 18.0 Å². The van der Waals surface area contributed by atoms with E-state index in [1.165, 1.54) is 12.1 Å². The van der Waals surface area contributed by atoms with Crippen molar-refractivity contribution in [1.29, 1.82) is 0 Å². The summed E-state index contributed by atoms with van der Waals surface area (Å²) in [5.41, 5.74) is 8.42. The van der Waals surface area contributed by atoms with Crippen molar-refractivity contribution in [1.82, 2.24) is 0 Å². The van der Waals surface area contributed by atoms with Crippen LogP contribution in [0.25, 0.3) is 0 Å². The smallest absolute Gasteiger partial charge is 0.149 e. The molecule has 0 spiro atoms. The number of nitrogens with zero attached hydrogens (tertiary/aromatic N) is 1. The van der Waals surface area contributed by atoms with Gasteiger partial charge in [0.25, 0.3) is 0 Å². The first kappa shape index (κ1) is 12.4. The van der Waals surface area contributed by atoms with Crippen molar-refractivity contribution in [2.75, 3.05) is 17.7 Å².